The number of phenols is 1. The summed E-state index contributed by atoms with van der Waals surface area (Å²) < 4.78 is 11.9. The van der Waals surface area contributed by atoms with Crippen LogP contribution < -0.4 is 10.1 Å². The second-order valence-electron chi connectivity index (χ2n) is 15.7. The molecule has 1 amide bonds. The van der Waals surface area contributed by atoms with Gasteiger partial charge in [-0.3, -0.25) is 24.2 Å². The summed E-state index contributed by atoms with van der Waals surface area (Å²) in [7, 11) is 1.97. The van der Waals surface area contributed by atoms with Crippen molar-refractivity contribution in [2.45, 2.75) is 79.5 Å². The topological polar surface area (TPSA) is 199 Å². The number of aliphatic hydroxyl groups is 3. The molecule has 6 rings (SSSR count). The number of benzene rings is 1. The normalized spacial score (nSPS) is 35.0. The van der Waals surface area contributed by atoms with Crippen molar-refractivity contribution in [3.8, 4) is 11.5 Å². The molecule has 14 nitrogen and oxygen atoms in total. The molecular formula is C41H54N4O10. The van der Waals surface area contributed by atoms with Crippen molar-refractivity contribution >= 4 is 29.5 Å². The van der Waals surface area contributed by atoms with E-state index in [0.717, 1.165) is 0 Å². The summed E-state index contributed by atoms with van der Waals surface area (Å²) in [5, 5.41) is 53.9. The third-order valence-electron chi connectivity index (χ3n) is 11.7. The maximum atomic E-state index is 14.5. The fourth-order valence-electron chi connectivity index (χ4n) is 7.37. The first kappa shape index (κ1) is 41.5. The van der Waals surface area contributed by atoms with E-state index in [1.54, 1.807) is 44.0 Å². The molecule has 4 heterocycles. The number of ether oxygens (including phenoxy) is 2. The highest BCUT2D eigenvalue weighted by atomic mass is 16.7. The van der Waals surface area contributed by atoms with Gasteiger partial charge in [0.15, 0.2) is 5.78 Å². The first-order valence-corrected chi connectivity index (χ1v) is 18.8. The van der Waals surface area contributed by atoms with Gasteiger partial charge in [0.25, 0.3) is 11.7 Å². The highest BCUT2D eigenvalue weighted by molar-refractivity contribution is 6.37. The molecule has 5 N–H and O–H groups in total. The summed E-state index contributed by atoms with van der Waals surface area (Å²) in [6.45, 7) is 15.6. The Labute approximate surface area is 321 Å². The largest absolute Gasteiger partial charge is 0.507 e. The molecule has 1 aliphatic carbocycles. The number of rotatable bonds is 2. The monoisotopic (exact) mass is 762 g/mol. The Bertz CT molecular complexity index is 1890. The molecule has 1 saturated heterocycles. The molecular weight excluding hydrogens is 708 g/mol. The van der Waals surface area contributed by atoms with E-state index in [-0.39, 0.29) is 39.5 Å². The van der Waals surface area contributed by atoms with Gasteiger partial charge in [-0.2, -0.15) is 5.10 Å². The zero-order valence-corrected chi connectivity index (χ0v) is 33.0. The van der Waals surface area contributed by atoms with Crippen molar-refractivity contribution < 1.29 is 49.1 Å². The van der Waals surface area contributed by atoms with E-state index in [2.05, 4.69) is 15.3 Å². The molecule has 1 aromatic rings. The van der Waals surface area contributed by atoms with Crippen LogP contribution in [0.3, 0.4) is 0 Å². The van der Waals surface area contributed by atoms with Gasteiger partial charge < -0.3 is 40.1 Å². The summed E-state index contributed by atoms with van der Waals surface area (Å²) in [6, 6.07) is 0. The van der Waals surface area contributed by atoms with Crippen LogP contribution in [0.25, 0.3) is 0 Å². The van der Waals surface area contributed by atoms with Crippen molar-refractivity contribution in [1.82, 2.24) is 15.2 Å². The summed E-state index contributed by atoms with van der Waals surface area (Å²) in [5.74, 6) is -8.37. The van der Waals surface area contributed by atoms with E-state index in [9.17, 15) is 39.6 Å². The van der Waals surface area contributed by atoms with E-state index < -0.39 is 88.0 Å². The molecule has 5 bridgehead atoms. The predicted octanol–water partition coefficient (Wildman–Crippen LogP) is 3.28. The molecule has 1 aromatic carbocycles. The molecule has 55 heavy (non-hydrogen) atoms. The Hall–Kier alpha value is -4.63. The highest BCUT2D eigenvalue weighted by Gasteiger charge is 2.52. The van der Waals surface area contributed by atoms with Crippen LogP contribution in [0.15, 0.2) is 52.5 Å². The minimum absolute atomic E-state index is 0.0229. The molecule has 0 unspecified atom stereocenters. The number of carbonyl (C=O) groups excluding carboxylic acids is 4. The van der Waals surface area contributed by atoms with Gasteiger partial charge in [-0.1, -0.05) is 52.8 Å². The maximum Gasteiger partial charge on any atom is 0.312 e. The number of piperazine rings is 1. The van der Waals surface area contributed by atoms with Crippen molar-refractivity contribution in [2.24, 2.45) is 34.7 Å². The Morgan fingerprint density at radius 3 is 2.11 bits per heavy atom. The number of allylic oxidation sites excluding steroid dienone is 5. The summed E-state index contributed by atoms with van der Waals surface area (Å²) >= 11 is 0. The summed E-state index contributed by atoms with van der Waals surface area (Å²) in [4.78, 5) is 58.9. The molecule has 0 spiro atoms. The number of carbonyl (C=O) groups is 4. The number of nitrogens with one attached hydrogen (secondary N) is 1. The molecule has 0 aromatic heterocycles. The Balaban J connectivity index is 1.64. The number of hydrogen-bond donors (Lipinski definition) is 5. The molecule has 0 saturated carbocycles. The van der Waals surface area contributed by atoms with Crippen LogP contribution in [0.2, 0.25) is 0 Å². The van der Waals surface area contributed by atoms with Crippen LogP contribution in [0, 0.1) is 36.5 Å². The minimum atomic E-state index is -2.00. The van der Waals surface area contributed by atoms with Crippen molar-refractivity contribution in [1.29, 1.82) is 0 Å². The predicted molar refractivity (Wildman–Crippen MR) is 205 cm³/mol. The number of fused-ring (bicyclic) bond motifs is 14. The van der Waals surface area contributed by atoms with Gasteiger partial charge >= 0.3 is 5.79 Å². The zero-order chi connectivity index (χ0) is 40.7. The number of aromatic hydroxyl groups is 1. The van der Waals surface area contributed by atoms with E-state index in [1.807, 2.05) is 20.9 Å². The van der Waals surface area contributed by atoms with Gasteiger partial charge in [-0.15, -0.1) is 0 Å². The molecule has 0 radical (unpaired) electrons. The van der Waals surface area contributed by atoms with Crippen LogP contribution in [0.5, 0.6) is 11.5 Å². The number of hydrogen-bond acceptors (Lipinski definition) is 13. The first-order valence-electron chi connectivity index (χ1n) is 18.8. The number of Topliss-reactive ketones (excluding diaryl/α,β-unsaturated/α-hetero) is 3. The molecule has 14 heteroatoms. The van der Waals surface area contributed by atoms with Gasteiger partial charge in [0, 0.05) is 62.0 Å². The lowest BCUT2D eigenvalue weighted by molar-refractivity contribution is -0.116. The number of hydrazone groups is 1. The number of ketones is 3. The van der Waals surface area contributed by atoms with Crippen LogP contribution in [-0.4, -0.2) is 117 Å². The second-order valence-corrected chi connectivity index (χ2v) is 15.7. The quantitative estimate of drug-likeness (QED) is 0.276. The smallest absolute Gasteiger partial charge is 0.312 e. The Morgan fingerprint density at radius 2 is 1.45 bits per heavy atom. The van der Waals surface area contributed by atoms with Gasteiger partial charge in [-0.05, 0) is 38.8 Å². The maximum absolute atomic E-state index is 14.5. The first-order chi connectivity index (χ1) is 25.8. The lowest BCUT2D eigenvalue weighted by Crippen LogP contribution is -2.43. The highest BCUT2D eigenvalue weighted by Crippen LogP contribution is 2.48. The number of nitrogens with zero attached hydrogens (tertiary/aromatic N) is 3. The molecule has 9 atom stereocenters. The van der Waals surface area contributed by atoms with E-state index in [1.165, 1.54) is 39.3 Å². The number of amides is 1. The zero-order valence-electron chi connectivity index (χ0n) is 33.0. The van der Waals surface area contributed by atoms with E-state index in [0.29, 0.717) is 26.2 Å². The van der Waals surface area contributed by atoms with Gasteiger partial charge in [0.1, 0.15) is 17.2 Å². The third-order valence-corrected chi connectivity index (χ3v) is 11.7. The third kappa shape index (κ3) is 7.91. The molecule has 4 aliphatic heterocycles. The Kier molecular flexibility index (Phi) is 12.3. The number of likely N-dealkylation sites (N-methyl/N-ethyl adjacent to an activating group) is 1. The fraction of sp³-hybridized carbons (Fsp3) is 0.537. The lowest BCUT2D eigenvalue weighted by Gasteiger charge is -2.35. The second kappa shape index (κ2) is 16.2. The van der Waals surface area contributed by atoms with Gasteiger partial charge in [0.2, 0.25) is 5.78 Å². The van der Waals surface area contributed by atoms with E-state index >= 15 is 0 Å². The average Bonchev–Trinajstić information content (AvgIpc) is 3.42. The summed E-state index contributed by atoms with van der Waals surface area (Å²) in [5.41, 5.74) is -1.60. The fourth-order valence-corrected chi connectivity index (χ4v) is 7.37. The number of phenolic OH excluding ortho intramolecular Hbond substituents is 1. The average molecular weight is 763 g/mol. The van der Waals surface area contributed by atoms with Crippen molar-refractivity contribution in [3.63, 3.8) is 0 Å². The van der Waals surface area contributed by atoms with Crippen molar-refractivity contribution in [2.75, 3.05) is 33.2 Å². The van der Waals surface area contributed by atoms with Gasteiger partial charge in [-0.25, -0.2) is 0 Å². The lowest BCUT2D eigenvalue weighted by atomic mass is 9.77. The minimum Gasteiger partial charge on any atom is -0.507 e. The summed E-state index contributed by atoms with van der Waals surface area (Å²) in [6.07, 6.45) is 5.79. The SMILES string of the molecule is C/C1=C/C=C/[C@H](C)[C@H](O)[C@@H](C)[C@@H](O)[C@@H](C)[C@H](O)[C@H](C)[C@@H](C)/C=C/O[C@@]2(C)Oc3c(C)c(O)c4c(c3C2=O)C(=O)C(/C=N/N2CCN(C)CC2)=C(NC1=O)C4=O. The van der Waals surface area contributed by atoms with Crippen LogP contribution >= 0.6 is 0 Å². The van der Waals surface area contributed by atoms with Crippen molar-refractivity contribution in [3.05, 3.63) is 69.7 Å². The van der Waals surface area contributed by atoms with Crippen LogP contribution in [-0.2, 0) is 9.53 Å². The van der Waals surface area contributed by atoms with Crippen LogP contribution in [0.1, 0.15) is 85.1 Å². The van der Waals surface area contributed by atoms with Crippen LogP contribution in [0.4, 0.5) is 0 Å². The standard InChI is InChI=1S/C41H54N4O10/c1-20-13-18-54-41(8)39(52)30-28-29(35(49)26(7)38(30)55-41)37(51)31(27(36(28)50)19-42-45-16-14-44(9)15-17-45)43-40(53)22(3)12-10-11-21(2)32(46)24(5)34(48)25(6)33(47)23(20)4/h10-13,18-21,23-25,32-34,46-49H,14-17H2,1-9H3,(H,43,53)/b11-10+,18-13+,22-12-,42-19+/t20-,21-,23+,24+,25-,32-,33+,34+,41-/m0/s1. The molecule has 298 valence electrons. The van der Waals surface area contributed by atoms with Gasteiger partial charge in [0.05, 0.1) is 53.1 Å². The number of aliphatic hydroxyl groups excluding tert-OH is 3. The molecule has 5 aliphatic rings. The molecule has 1 fully saturated rings. The Morgan fingerprint density at radius 1 is 0.836 bits per heavy atom. The van der Waals surface area contributed by atoms with E-state index in [4.69, 9.17) is 9.47 Å².